The molecule has 4 rings (SSSR count). The third-order valence-electron chi connectivity index (χ3n) is 4.76. The van der Waals surface area contributed by atoms with Gasteiger partial charge in [-0.25, -0.2) is 0 Å². The van der Waals surface area contributed by atoms with Gasteiger partial charge in [-0.3, -0.25) is 14.4 Å². The Morgan fingerprint density at radius 1 is 0.781 bits per heavy atom. The van der Waals surface area contributed by atoms with Crippen LogP contribution in [-0.2, 0) is 16.1 Å². The molecule has 0 spiro atoms. The summed E-state index contributed by atoms with van der Waals surface area (Å²) in [4.78, 5) is 36.8. The van der Waals surface area contributed by atoms with Gasteiger partial charge in [0.25, 0.3) is 5.56 Å². The van der Waals surface area contributed by atoms with E-state index in [0.29, 0.717) is 16.8 Å². The van der Waals surface area contributed by atoms with Crippen molar-refractivity contribution in [3.63, 3.8) is 0 Å². The molecule has 160 valence electrons. The van der Waals surface area contributed by atoms with Crippen LogP contribution in [0.3, 0.4) is 0 Å². The van der Waals surface area contributed by atoms with Crippen molar-refractivity contribution in [2.75, 3.05) is 11.9 Å². The van der Waals surface area contributed by atoms with Crippen LogP contribution in [-0.4, -0.2) is 22.9 Å². The highest BCUT2D eigenvalue weighted by Crippen LogP contribution is 2.22. The maximum absolute atomic E-state index is 12.5. The van der Waals surface area contributed by atoms with Crippen molar-refractivity contribution in [2.45, 2.75) is 6.54 Å². The van der Waals surface area contributed by atoms with E-state index in [2.05, 4.69) is 10.6 Å². The Morgan fingerprint density at radius 3 is 2.25 bits per heavy atom. The van der Waals surface area contributed by atoms with Gasteiger partial charge < -0.3 is 19.9 Å². The van der Waals surface area contributed by atoms with Crippen LogP contribution < -0.4 is 20.9 Å². The lowest BCUT2D eigenvalue weighted by atomic mass is 10.2. The summed E-state index contributed by atoms with van der Waals surface area (Å²) in [7, 11) is 0. The zero-order chi connectivity index (χ0) is 22.3. The Bertz CT molecular complexity index is 1300. The topological polar surface area (TPSA) is 89.4 Å². The molecule has 0 aliphatic heterocycles. The minimum absolute atomic E-state index is 0.164. The van der Waals surface area contributed by atoms with E-state index in [-0.39, 0.29) is 24.6 Å². The number of nitrogens with one attached hydrogen (secondary N) is 2. The molecule has 0 aliphatic carbocycles. The van der Waals surface area contributed by atoms with Crippen LogP contribution in [0.2, 0.25) is 0 Å². The highest BCUT2D eigenvalue weighted by atomic mass is 16.5. The fraction of sp³-hybridized carbons (Fsp3) is 0.0800. The lowest BCUT2D eigenvalue weighted by molar-refractivity contribution is -0.124. The molecule has 0 saturated heterocycles. The summed E-state index contributed by atoms with van der Waals surface area (Å²) in [5, 5.41) is 6.60. The number of nitrogens with zero attached hydrogens (tertiary/aromatic N) is 1. The van der Waals surface area contributed by atoms with Crippen molar-refractivity contribution in [2.24, 2.45) is 0 Å². The molecule has 0 unspecified atom stereocenters. The fourth-order valence-corrected chi connectivity index (χ4v) is 3.18. The summed E-state index contributed by atoms with van der Waals surface area (Å²) in [6.45, 7) is -0.369. The summed E-state index contributed by atoms with van der Waals surface area (Å²) < 4.78 is 7.03. The van der Waals surface area contributed by atoms with E-state index in [1.807, 2.05) is 42.5 Å². The second-order valence-corrected chi connectivity index (χ2v) is 7.10. The predicted octanol–water partition coefficient (Wildman–Crippen LogP) is 3.55. The van der Waals surface area contributed by atoms with Gasteiger partial charge in [-0.1, -0.05) is 36.4 Å². The van der Waals surface area contributed by atoms with E-state index in [9.17, 15) is 14.4 Å². The van der Waals surface area contributed by atoms with E-state index >= 15 is 0 Å². The molecule has 2 amide bonds. The van der Waals surface area contributed by atoms with Crippen LogP contribution in [0.25, 0.3) is 10.8 Å². The Balaban J connectivity index is 1.28. The third-order valence-corrected chi connectivity index (χ3v) is 4.76. The van der Waals surface area contributed by atoms with E-state index in [0.717, 1.165) is 11.1 Å². The number of ether oxygens (including phenoxy) is 1. The number of rotatable bonds is 7. The number of amides is 2. The molecule has 3 aromatic carbocycles. The molecule has 0 aliphatic rings. The molecule has 1 heterocycles. The maximum Gasteiger partial charge on any atom is 0.258 e. The molecule has 2 N–H and O–H groups in total. The molecule has 4 aromatic rings. The first-order chi connectivity index (χ1) is 15.6. The zero-order valence-electron chi connectivity index (χ0n) is 17.2. The molecule has 0 radical (unpaired) electrons. The second kappa shape index (κ2) is 9.61. The van der Waals surface area contributed by atoms with Gasteiger partial charge in [0.1, 0.15) is 18.0 Å². The number of carbonyl (C=O) groups excluding carboxylic acids is 2. The van der Waals surface area contributed by atoms with Gasteiger partial charge in [0.05, 0.1) is 6.54 Å². The van der Waals surface area contributed by atoms with Crippen LogP contribution in [0, 0.1) is 0 Å². The van der Waals surface area contributed by atoms with E-state index in [4.69, 9.17) is 4.74 Å². The van der Waals surface area contributed by atoms with Crippen LogP contribution in [0.15, 0.2) is 95.9 Å². The fourth-order valence-electron chi connectivity index (χ4n) is 3.18. The lowest BCUT2D eigenvalue weighted by Gasteiger charge is -2.10. The molecule has 7 heteroatoms. The Hall–Kier alpha value is -4.39. The Kier molecular flexibility index (Phi) is 6.27. The van der Waals surface area contributed by atoms with Gasteiger partial charge >= 0.3 is 0 Å². The Labute approximate surface area is 184 Å². The number of hydrogen-bond acceptors (Lipinski definition) is 4. The smallest absolute Gasteiger partial charge is 0.258 e. The van der Waals surface area contributed by atoms with Crippen LogP contribution in [0.1, 0.15) is 0 Å². The van der Waals surface area contributed by atoms with Crippen LogP contribution in [0.5, 0.6) is 11.5 Å². The van der Waals surface area contributed by atoms with Gasteiger partial charge in [0.2, 0.25) is 11.8 Å². The van der Waals surface area contributed by atoms with Crippen molar-refractivity contribution in [3.8, 4) is 11.5 Å². The monoisotopic (exact) mass is 427 g/mol. The summed E-state index contributed by atoms with van der Waals surface area (Å²) in [6, 6.07) is 25.3. The second-order valence-electron chi connectivity index (χ2n) is 7.10. The molecule has 0 bridgehead atoms. The van der Waals surface area contributed by atoms with Gasteiger partial charge in [0.15, 0.2) is 0 Å². The molecular weight excluding hydrogens is 406 g/mol. The van der Waals surface area contributed by atoms with E-state index < -0.39 is 5.91 Å². The van der Waals surface area contributed by atoms with Gasteiger partial charge in [-0.2, -0.15) is 0 Å². The van der Waals surface area contributed by atoms with Crippen molar-refractivity contribution >= 4 is 28.3 Å². The number of aromatic nitrogens is 1. The summed E-state index contributed by atoms with van der Waals surface area (Å²) in [6.07, 6.45) is 1.57. The van der Waals surface area contributed by atoms with Crippen molar-refractivity contribution in [1.82, 2.24) is 9.88 Å². The van der Waals surface area contributed by atoms with Gasteiger partial charge in [-0.15, -0.1) is 0 Å². The molecule has 1 aromatic heterocycles. The maximum atomic E-state index is 12.5. The average molecular weight is 427 g/mol. The highest BCUT2D eigenvalue weighted by molar-refractivity contribution is 5.94. The zero-order valence-corrected chi connectivity index (χ0v) is 17.2. The number of anilines is 1. The third kappa shape index (κ3) is 5.20. The molecule has 0 saturated carbocycles. The molecular formula is C25H21N3O4. The lowest BCUT2D eigenvalue weighted by Crippen LogP contribution is -2.36. The standard InChI is InChI=1S/C25H21N3O4/c29-23(27-19-10-12-21(13-11-19)32-20-7-2-1-3-8-20)16-26-24(30)17-28-15-14-18-6-4-5-9-22(18)25(28)31/h1-15H,16-17H2,(H,26,30)(H,27,29). The Morgan fingerprint density at radius 2 is 1.47 bits per heavy atom. The number of para-hydroxylation sites is 1. The number of benzene rings is 3. The van der Waals surface area contributed by atoms with E-state index in [1.54, 1.807) is 48.7 Å². The summed E-state index contributed by atoms with van der Waals surface area (Å²) in [5.41, 5.74) is 0.330. The van der Waals surface area contributed by atoms with Crippen molar-refractivity contribution < 1.29 is 14.3 Å². The normalized spacial score (nSPS) is 10.5. The summed E-state index contributed by atoms with van der Waals surface area (Å²) in [5.74, 6) is 0.561. The molecule has 7 nitrogen and oxygen atoms in total. The van der Waals surface area contributed by atoms with Crippen LogP contribution >= 0.6 is 0 Å². The molecule has 32 heavy (non-hydrogen) atoms. The van der Waals surface area contributed by atoms with E-state index in [1.165, 1.54) is 4.57 Å². The largest absolute Gasteiger partial charge is 0.457 e. The average Bonchev–Trinajstić information content (AvgIpc) is 2.82. The SMILES string of the molecule is O=C(Cn1ccc2ccccc2c1=O)NCC(=O)Nc1ccc(Oc2ccccc2)cc1. The van der Waals surface area contributed by atoms with Gasteiger partial charge in [0, 0.05) is 17.3 Å². The summed E-state index contributed by atoms with van der Waals surface area (Å²) >= 11 is 0. The number of pyridine rings is 1. The highest BCUT2D eigenvalue weighted by Gasteiger charge is 2.09. The molecule has 0 atom stereocenters. The minimum atomic E-state index is -0.427. The quantitative estimate of drug-likeness (QED) is 0.472. The molecule has 0 fully saturated rings. The minimum Gasteiger partial charge on any atom is -0.457 e. The van der Waals surface area contributed by atoms with Crippen molar-refractivity contribution in [3.05, 3.63) is 101 Å². The van der Waals surface area contributed by atoms with Crippen LogP contribution in [0.4, 0.5) is 5.69 Å². The first-order valence-corrected chi connectivity index (χ1v) is 10.1. The van der Waals surface area contributed by atoms with Gasteiger partial charge in [-0.05, 0) is 53.9 Å². The number of carbonyl (C=O) groups is 2. The first-order valence-electron chi connectivity index (χ1n) is 10.1. The number of fused-ring (bicyclic) bond motifs is 1. The predicted molar refractivity (Wildman–Crippen MR) is 123 cm³/mol. The number of hydrogen-bond donors (Lipinski definition) is 2. The van der Waals surface area contributed by atoms with Crippen molar-refractivity contribution in [1.29, 1.82) is 0 Å². The first kappa shape index (κ1) is 20.9.